The summed E-state index contributed by atoms with van der Waals surface area (Å²) in [5.41, 5.74) is 6.35. The largest absolute Gasteiger partial charge is 0.468 e. The zero-order chi connectivity index (χ0) is 16.4. The number of carbonyl (C=O) groups is 2. The molecule has 1 rings (SSSR count). The van der Waals surface area contributed by atoms with Crippen LogP contribution in [0.5, 0.6) is 0 Å². The minimum absolute atomic E-state index is 0.124. The molecule has 3 N–H and O–H groups in total. The molecule has 0 saturated carbocycles. The lowest BCUT2D eigenvalue weighted by Crippen LogP contribution is -2.31. The van der Waals surface area contributed by atoms with Gasteiger partial charge in [-0.1, -0.05) is 29.8 Å². The number of methoxy groups -OCH3 is 1. The van der Waals surface area contributed by atoms with Gasteiger partial charge in [-0.2, -0.15) is 0 Å². The number of unbranched alkanes of at least 4 members (excludes halogenated alkanes) is 1. The van der Waals surface area contributed by atoms with E-state index in [2.05, 4.69) is 10.1 Å². The van der Waals surface area contributed by atoms with Crippen molar-refractivity contribution in [3.63, 3.8) is 0 Å². The van der Waals surface area contributed by atoms with Crippen molar-refractivity contribution in [1.29, 1.82) is 0 Å². The highest BCUT2D eigenvalue weighted by Gasteiger charge is 2.12. The molecule has 0 spiro atoms. The summed E-state index contributed by atoms with van der Waals surface area (Å²) >= 11 is 5.96. The molecule has 0 saturated heterocycles. The first-order valence-corrected chi connectivity index (χ1v) is 7.40. The van der Waals surface area contributed by atoms with Crippen molar-refractivity contribution in [1.82, 2.24) is 5.32 Å². The second kappa shape index (κ2) is 10.0. The number of halogens is 1. The highest BCUT2D eigenvalue weighted by molar-refractivity contribution is 6.31. The number of alkyl carbamates (subject to hydrolysis) is 1. The summed E-state index contributed by atoms with van der Waals surface area (Å²) in [6, 6.07) is 6.56. The molecule has 1 amide bonds. The molecule has 1 aromatic carbocycles. The van der Waals surface area contributed by atoms with Crippen molar-refractivity contribution >= 4 is 23.7 Å². The van der Waals surface area contributed by atoms with E-state index in [9.17, 15) is 9.59 Å². The molecule has 0 aromatic heterocycles. The van der Waals surface area contributed by atoms with Crippen LogP contribution in [0, 0.1) is 0 Å². The van der Waals surface area contributed by atoms with E-state index in [1.165, 1.54) is 7.11 Å². The van der Waals surface area contributed by atoms with Gasteiger partial charge in [0.05, 0.1) is 7.11 Å². The number of carbonyl (C=O) groups excluding carboxylic acids is 2. The van der Waals surface area contributed by atoms with Gasteiger partial charge in [0.25, 0.3) is 0 Å². The highest BCUT2D eigenvalue weighted by atomic mass is 35.5. The van der Waals surface area contributed by atoms with E-state index in [0.717, 1.165) is 5.56 Å². The lowest BCUT2D eigenvalue weighted by molar-refractivity contribution is -0.142. The summed E-state index contributed by atoms with van der Waals surface area (Å²) in [7, 11) is 1.30. The zero-order valence-electron chi connectivity index (χ0n) is 12.5. The van der Waals surface area contributed by atoms with Crippen LogP contribution in [0.4, 0.5) is 4.79 Å². The molecule has 7 heteroatoms. The quantitative estimate of drug-likeness (QED) is 0.564. The molecule has 6 nitrogen and oxygen atoms in total. The molecule has 0 aliphatic heterocycles. The lowest BCUT2D eigenvalue weighted by Gasteiger charge is -2.10. The molecule has 1 unspecified atom stereocenters. The van der Waals surface area contributed by atoms with Crippen LogP contribution in [0.1, 0.15) is 24.8 Å². The third kappa shape index (κ3) is 6.78. The van der Waals surface area contributed by atoms with Gasteiger partial charge >= 0.3 is 12.1 Å². The number of nitrogens with one attached hydrogen (secondary N) is 1. The normalized spacial score (nSPS) is 11.6. The average molecular weight is 329 g/mol. The van der Waals surface area contributed by atoms with E-state index >= 15 is 0 Å². The number of hydrogen-bond acceptors (Lipinski definition) is 5. The molecule has 0 heterocycles. The molecule has 0 aliphatic carbocycles. The number of benzene rings is 1. The van der Waals surface area contributed by atoms with Crippen molar-refractivity contribution in [3.05, 3.63) is 34.9 Å². The molecule has 1 atom stereocenters. The van der Waals surface area contributed by atoms with Gasteiger partial charge in [-0.15, -0.1) is 0 Å². The van der Waals surface area contributed by atoms with Gasteiger partial charge < -0.3 is 20.5 Å². The Morgan fingerprint density at radius 1 is 1.32 bits per heavy atom. The number of ether oxygens (including phenoxy) is 2. The van der Waals surface area contributed by atoms with Crippen LogP contribution in [-0.4, -0.2) is 31.8 Å². The molecule has 1 aromatic rings. The van der Waals surface area contributed by atoms with Crippen molar-refractivity contribution in [3.8, 4) is 0 Å². The minimum Gasteiger partial charge on any atom is -0.468 e. The number of amides is 1. The topological polar surface area (TPSA) is 90.6 Å². The van der Waals surface area contributed by atoms with E-state index in [1.807, 2.05) is 12.1 Å². The van der Waals surface area contributed by atoms with Crippen LogP contribution < -0.4 is 11.1 Å². The Morgan fingerprint density at radius 3 is 2.73 bits per heavy atom. The molecule has 122 valence electrons. The van der Waals surface area contributed by atoms with Gasteiger partial charge in [0.1, 0.15) is 12.6 Å². The smallest absolute Gasteiger partial charge is 0.407 e. The fourth-order valence-corrected chi connectivity index (χ4v) is 1.95. The number of hydrogen-bond donors (Lipinski definition) is 2. The Labute approximate surface area is 134 Å². The first kappa shape index (κ1) is 18.3. The maximum Gasteiger partial charge on any atom is 0.407 e. The molecule has 0 fully saturated rings. The molecular weight excluding hydrogens is 308 g/mol. The van der Waals surface area contributed by atoms with Gasteiger partial charge in [0.15, 0.2) is 0 Å². The monoisotopic (exact) mass is 328 g/mol. The van der Waals surface area contributed by atoms with Gasteiger partial charge in [-0.25, -0.2) is 4.79 Å². The van der Waals surface area contributed by atoms with Gasteiger partial charge in [-0.3, -0.25) is 4.79 Å². The second-order valence-electron chi connectivity index (χ2n) is 4.72. The van der Waals surface area contributed by atoms with Gasteiger partial charge in [0, 0.05) is 17.1 Å². The SMILES string of the molecule is COC(=O)C(N)CCCCNC(=O)OCc1ccccc1Cl. The van der Waals surface area contributed by atoms with Crippen LogP contribution >= 0.6 is 11.6 Å². The lowest BCUT2D eigenvalue weighted by atomic mass is 10.1. The van der Waals surface area contributed by atoms with E-state index in [4.69, 9.17) is 22.1 Å². The van der Waals surface area contributed by atoms with E-state index < -0.39 is 18.1 Å². The van der Waals surface area contributed by atoms with Crippen LogP contribution in [-0.2, 0) is 20.9 Å². The summed E-state index contributed by atoms with van der Waals surface area (Å²) in [5, 5.41) is 3.19. The third-order valence-corrected chi connectivity index (χ3v) is 3.40. The van der Waals surface area contributed by atoms with Crippen LogP contribution in [0.3, 0.4) is 0 Å². The Bertz CT molecular complexity index is 496. The van der Waals surface area contributed by atoms with E-state index in [-0.39, 0.29) is 6.61 Å². The van der Waals surface area contributed by atoms with Crippen LogP contribution in [0.15, 0.2) is 24.3 Å². The summed E-state index contributed by atoms with van der Waals surface area (Å²) in [6.07, 6.45) is 1.42. The van der Waals surface area contributed by atoms with Crippen LogP contribution in [0.2, 0.25) is 5.02 Å². The van der Waals surface area contributed by atoms with Gasteiger partial charge in [-0.05, 0) is 25.3 Å². The number of esters is 1. The van der Waals surface area contributed by atoms with Crippen molar-refractivity contribution in [2.75, 3.05) is 13.7 Å². The highest BCUT2D eigenvalue weighted by Crippen LogP contribution is 2.15. The molecule has 0 aliphatic rings. The number of rotatable bonds is 8. The Kier molecular flexibility index (Phi) is 8.32. The summed E-state index contributed by atoms with van der Waals surface area (Å²) < 4.78 is 9.59. The van der Waals surface area contributed by atoms with E-state index in [1.54, 1.807) is 12.1 Å². The predicted octanol–water partition coefficient (Wildman–Crippen LogP) is 2.24. The molecule has 0 bridgehead atoms. The maximum atomic E-state index is 11.5. The fourth-order valence-electron chi connectivity index (χ4n) is 1.76. The Balaban J connectivity index is 2.11. The van der Waals surface area contributed by atoms with Crippen molar-refractivity contribution < 1.29 is 19.1 Å². The van der Waals surface area contributed by atoms with Crippen molar-refractivity contribution in [2.45, 2.75) is 31.9 Å². The van der Waals surface area contributed by atoms with Gasteiger partial charge in [0.2, 0.25) is 0 Å². The third-order valence-electron chi connectivity index (χ3n) is 3.03. The Hall–Kier alpha value is -1.79. The summed E-state index contributed by atoms with van der Waals surface area (Å²) in [6.45, 7) is 0.577. The van der Waals surface area contributed by atoms with Crippen LogP contribution in [0.25, 0.3) is 0 Å². The molecular formula is C15H21ClN2O4. The minimum atomic E-state index is -0.614. The fraction of sp³-hybridized carbons (Fsp3) is 0.467. The Morgan fingerprint density at radius 2 is 2.05 bits per heavy atom. The van der Waals surface area contributed by atoms with E-state index in [0.29, 0.717) is 30.8 Å². The number of nitrogens with two attached hydrogens (primary N) is 1. The summed E-state index contributed by atoms with van der Waals surface area (Å²) in [4.78, 5) is 22.6. The maximum absolute atomic E-state index is 11.5. The average Bonchev–Trinajstić information content (AvgIpc) is 2.52. The predicted molar refractivity (Wildman–Crippen MR) is 83.5 cm³/mol. The van der Waals surface area contributed by atoms with Crippen molar-refractivity contribution in [2.24, 2.45) is 5.73 Å². The first-order chi connectivity index (χ1) is 10.5. The first-order valence-electron chi connectivity index (χ1n) is 7.02. The second-order valence-corrected chi connectivity index (χ2v) is 5.13. The molecule has 0 radical (unpaired) electrons. The standard InChI is InChI=1S/C15H21ClN2O4/c1-21-14(19)13(17)8-4-5-9-18-15(20)22-10-11-6-2-3-7-12(11)16/h2-3,6-7,13H,4-5,8-10,17H2,1H3,(H,18,20). The summed E-state index contributed by atoms with van der Waals surface area (Å²) in [5.74, 6) is -0.424. The zero-order valence-corrected chi connectivity index (χ0v) is 13.3. The molecule has 22 heavy (non-hydrogen) atoms.